The summed E-state index contributed by atoms with van der Waals surface area (Å²) < 4.78 is 0. The molecule has 2 aromatic rings. The second kappa shape index (κ2) is 3.97. The van der Waals surface area contributed by atoms with Gasteiger partial charge in [0.05, 0.1) is 11.4 Å². The van der Waals surface area contributed by atoms with E-state index in [0.717, 1.165) is 11.1 Å². The number of benzene rings is 1. The monoisotopic (exact) mass is 230 g/mol. The van der Waals surface area contributed by atoms with Crippen molar-refractivity contribution >= 4 is 11.7 Å². The average molecular weight is 230 g/mol. The van der Waals surface area contributed by atoms with E-state index >= 15 is 0 Å². The van der Waals surface area contributed by atoms with E-state index in [-0.39, 0.29) is 11.3 Å². The Morgan fingerprint density at radius 2 is 2.00 bits per heavy atom. The van der Waals surface area contributed by atoms with Crippen molar-refractivity contribution in [3.63, 3.8) is 0 Å². The molecule has 0 spiro atoms. The molecule has 0 fully saturated rings. The van der Waals surface area contributed by atoms with Crippen molar-refractivity contribution in [1.82, 2.24) is 4.98 Å². The van der Waals surface area contributed by atoms with Gasteiger partial charge < -0.3 is 15.8 Å². The number of aromatic nitrogens is 1. The highest BCUT2D eigenvalue weighted by atomic mass is 16.4. The molecule has 0 aliphatic heterocycles. The van der Waals surface area contributed by atoms with Gasteiger partial charge in [0.1, 0.15) is 5.56 Å². The predicted molar refractivity (Wildman–Crippen MR) is 67.1 cm³/mol. The van der Waals surface area contributed by atoms with E-state index in [0.29, 0.717) is 5.69 Å². The van der Waals surface area contributed by atoms with E-state index in [1.165, 1.54) is 11.8 Å². The SMILES string of the molecule is Cc1ccc(-c2[nH]cc(N)c2C(=O)O)cc1C. The highest BCUT2D eigenvalue weighted by Gasteiger charge is 2.17. The highest BCUT2D eigenvalue weighted by molar-refractivity contribution is 6.00. The molecule has 0 amide bonds. The van der Waals surface area contributed by atoms with Gasteiger partial charge in [0.15, 0.2) is 0 Å². The molecule has 0 unspecified atom stereocenters. The number of carbonyl (C=O) groups is 1. The zero-order valence-electron chi connectivity index (χ0n) is 9.74. The number of hydrogen-bond acceptors (Lipinski definition) is 2. The number of nitrogen functional groups attached to an aromatic ring is 1. The van der Waals surface area contributed by atoms with Gasteiger partial charge in [-0.2, -0.15) is 0 Å². The third-order valence-corrected chi connectivity index (χ3v) is 2.92. The van der Waals surface area contributed by atoms with Gasteiger partial charge in [0.2, 0.25) is 0 Å². The Kier molecular flexibility index (Phi) is 2.63. The smallest absolute Gasteiger partial charge is 0.340 e. The molecule has 0 aliphatic rings. The van der Waals surface area contributed by atoms with Crippen LogP contribution in [-0.4, -0.2) is 16.1 Å². The van der Waals surface area contributed by atoms with Gasteiger partial charge in [-0.05, 0) is 36.6 Å². The molecule has 4 N–H and O–H groups in total. The predicted octanol–water partition coefficient (Wildman–Crippen LogP) is 2.58. The maximum atomic E-state index is 11.1. The number of carboxylic acid groups (broad SMARTS) is 1. The number of H-pyrrole nitrogens is 1. The van der Waals surface area contributed by atoms with Gasteiger partial charge >= 0.3 is 5.97 Å². The zero-order chi connectivity index (χ0) is 12.6. The van der Waals surface area contributed by atoms with Crippen LogP contribution in [-0.2, 0) is 0 Å². The second-order valence-corrected chi connectivity index (χ2v) is 4.10. The first-order valence-electron chi connectivity index (χ1n) is 5.28. The third-order valence-electron chi connectivity index (χ3n) is 2.92. The van der Waals surface area contributed by atoms with Crippen molar-refractivity contribution in [2.75, 3.05) is 5.73 Å². The van der Waals surface area contributed by atoms with Crippen LogP contribution >= 0.6 is 0 Å². The lowest BCUT2D eigenvalue weighted by molar-refractivity contribution is 0.0699. The molecule has 88 valence electrons. The van der Waals surface area contributed by atoms with Gasteiger partial charge in [0.25, 0.3) is 0 Å². The van der Waals surface area contributed by atoms with Crippen molar-refractivity contribution in [3.05, 3.63) is 41.1 Å². The highest BCUT2D eigenvalue weighted by Crippen LogP contribution is 2.28. The van der Waals surface area contributed by atoms with E-state index in [4.69, 9.17) is 10.8 Å². The van der Waals surface area contributed by atoms with Crippen molar-refractivity contribution in [1.29, 1.82) is 0 Å². The fourth-order valence-corrected chi connectivity index (χ4v) is 1.79. The van der Waals surface area contributed by atoms with Gasteiger partial charge in [-0.3, -0.25) is 0 Å². The van der Waals surface area contributed by atoms with Gasteiger partial charge in [-0.15, -0.1) is 0 Å². The molecule has 1 aromatic carbocycles. The fourth-order valence-electron chi connectivity index (χ4n) is 1.79. The summed E-state index contributed by atoms with van der Waals surface area (Å²) in [5, 5.41) is 9.12. The first-order valence-corrected chi connectivity index (χ1v) is 5.28. The Bertz CT molecular complexity index is 585. The number of carboxylic acids is 1. The molecule has 0 saturated carbocycles. The normalized spacial score (nSPS) is 10.5. The number of hydrogen-bond donors (Lipinski definition) is 3. The summed E-state index contributed by atoms with van der Waals surface area (Å²) >= 11 is 0. The quantitative estimate of drug-likeness (QED) is 0.741. The molecule has 2 rings (SSSR count). The number of nitrogens with two attached hydrogens (primary N) is 1. The van der Waals surface area contributed by atoms with Crippen LogP contribution in [0.3, 0.4) is 0 Å². The Morgan fingerprint density at radius 1 is 1.29 bits per heavy atom. The fraction of sp³-hybridized carbons (Fsp3) is 0.154. The van der Waals surface area contributed by atoms with Gasteiger partial charge in [-0.25, -0.2) is 4.79 Å². The lowest BCUT2D eigenvalue weighted by Crippen LogP contribution is -2.01. The molecule has 0 radical (unpaired) electrons. The standard InChI is InChI=1S/C13H14N2O2/c1-7-3-4-9(5-8(7)2)12-11(13(16)17)10(14)6-15-12/h3-6,15H,14H2,1-2H3,(H,16,17). The van der Waals surface area contributed by atoms with Crippen molar-refractivity contribution < 1.29 is 9.90 Å². The van der Waals surface area contributed by atoms with Crippen LogP contribution in [0.5, 0.6) is 0 Å². The summed E-state index contributed by atoms with van der Waals surface area (Å²) in [6.45, 7) is 4.01. The largest absolute Gasteiger partial charge is 0.478 e. The Labute approximate surface area is 99.1 Å². The Hall–Kier alpha value is -2.23. The third kappa shape index (κ3) is 1.89. The molecule has 17 heavy (non-hydrogen) atoms. The van der Waals surface area contributed by atoms with Crippen LogP contribution in [0.25, 0.3) is 11.3 Å². The number of nitrogens with one attached hydrogen (secondary N) is 1. The van der Waals surface area contributed by atoms with E-state index in [1.54, 1.807) is 0 Å². The molecule has 0 aliphatic carbocycles. The lowest BCUT2D eigenvalue weighted by atomic mass is 10.0. The molecule has 0 saturated heterocycles. The summed E-state index contributed by atoms with van der Waals surface area (Å²) in [7, 11) is 0. The van der Waals surface area contributed by atoms with Gasteiger partial charge in [-0.1, -0.05) is 12.1 Å². The minimum Gasteiger partial charge on any atom is -0.478 e. The number of aryl methyl sites for hydroxylation is 2. The van der Waals surface area contributed by atoms with E-state index in [9.17, 15) is 4.79 Å². The van der Waals surface area contributed by atoms with Crippen LogP contribution in [0, 0.1) is 13.8 Å². The van der Waals surface area contributed by atoms with Crippen LogP contribution in [0.4, 0.5) is 5.69 Å². The lowest BCUT2D eigenvalue weighted by Gasteiger charge is -2.05. The minimum absolute atomic E-state index is 0.133. The van der Waals surface area contributed by atoms with E-state index < -0.39 is 5.97 Å². The maximum Gasteiger partial charge on any atom is 0.340 e. The average Bonchev–Trinajstić information content (AvgIpc) is 2.64. The Morgan fingerprint density at radius 3 is 2.59 bits per heavy atom. The summed E-state index contributed by atoms with van der Waals surface area (Å²) in [5.41, 5.74) is 9.70. The molecule has 1 aromatic heterocycles. The zero-order valence-corrected chi connectivity index (χ0v) is 9.74. The number of aromatic amines is 1. The molecule has 0 atom stereocenters. The minimum atomic E-state index is -1.02. The molecular formula is C13H14N2O2. The Balaban J connectivity index is 2.60. The van der Waals surface area contributed by atoms with Crippen molar-refractivity contribution in [2.24, 2.45) is 0 Å². The summed E-state index contributed by atoms with van der Waals surface area (Å²) in [6.07, 6.45) is 1.51. The number of aromatic carboxylic acids is 1. The number of rotatable bonds is 2. The maximum absolute atomic E-state index is 11.1. The van der Waals surface area contributed by atoms with Crippen LogP contribution < -0.4 is 5.73 Å². The summed E-state index contributed by atoms with van der Waals surface area (Å²) in [6, 6.07) is 5.81. The topological polar surface area (TPSA) is 79.1 Å². The first kappa shape index (κ1) is 11.3. The van der Waals surface area contributed by atoms with Gasteiger partial charge in [0, 0.05) is 6.20 Å². The first-order chi connectivity index (χ1) is 8.00. The number of anilines is 1. The molecule has 4 heteroatoms. The van der Waals surface area contributed by atoms with E-state index in [1.807, 2.05) is 32.0 Å². The van der Waals surface area contributed by atoms with Crippen molar-refractivity contribution in [3.8, 4) is 11.3 Å². The second-order valence-electron chi connectivity index (χ2n) is 4.10. The summed E-state index contributed by atoms with van der Waals surface area (Å²) in [4.78, 5) is 14.0. The van der Waals surface area contributed by atoms with Crippen molar-refractivity contribution in [2.45, 2.75) is 13.8 Å². The van der Waals surface area contributed by atoms with Crippen LogP contribution in [0.15, 0.2) is 24.4 Å². The molecular weight excluding hydrogens is 216 g/mol. The van der Waals surface area contributed by atoms with Crippen LogP contribution in [0.2, 0.25) is 0 Å². The molecule has 1 heterocycles. The molecule has 0 bridgehead atoms. The van der Waals surface area contributed by atoms with E-state index in [2.05, 4.69) is 4.98 Å². The van der Waals surface area contributed by atoms with Crippen LogP contribution in [0.1, 0.15) is 21.5 Å². The summed E-state index contributed by atoms with van der Waals surface area (Å²) in [5.74, 6) is -1.02. The molecule has 4 nitrogen and oxygen atoms in total.